The van der Waals surface area contributed by atoms with Gasteiger partial charge < -0.3 is 15.4 Å². The summed E-state index contributed by atoms with van der Waals surface area (Å²) in [4.78, 5) is 26.3. The molecule has 0 radical (unpaired) electrons. The van der Waals surface area contributed by atoms with Gasteiger partial charge in [-0.3, -0.25) is 9.36 Å². The Morgan fingerprint density at radius 2 is 2.03 bits per heavy atom. The Labute approximate surface area is 204 Å². The summed E-state index contributed by atoms with van der Waals surface area (Å²) in [7, 11) is 1.74. The molecule has 3 aromatic rings. The van der Waals surface area contributed by atoms with Gasteiger partial charge in [0.15, 0.2) is 12.3 Å². The number of aromatic nitrogens is 4. The van der Waals surface area contributed by atoms with Crippen LogP contribution < -0.4 is 15.4 Å². The first-order valence-corrected chi connectivity index (χ1v) is 12.0. The van der Waals surface area contributed by atoms with Crippen LogP contribution in [0.5, 0.6) is 5.88 Å². The van der Waals surface area contributed by atoms with E-state index in [2.05, 4.69) is 48.4 Å². The lowest BCUT2D eigenvalue weighted by Crippen LogP contribution is -2.37. The third-order valence-corrected chi connectivity index (χ3v) is 6.70. The molecule has 1 saturated carbocycles. The van der Waals surface area contributed by atoms with E-state index in [0.717, 1.165) is 36.9 Å². The van der Waals surface area contributed by atoms with Crippen molar-refractivity contribution < 1.29 is 18.3 Å². The molecule has 1 fully saturated rings. The van der Waals surface area contributed by atoms with E-state index < -0.39 is 18.9 Å². The lowest BCUT2D eigenvalue weighted by Gasteiger charge is -2.27. The molecule has 11 heteroatoms. The second-order valence-corrected chi connectivity index (χ2v) is 9.48. The number of ether oxygens (including phenoxy) is 1. The molecule has 0 saturated heterocycles. The largest absolute Gasteiger partial charge is 0.471 e. The van der Waals surface area contributed by atoms with Crippen LogP contribution in [0.25, 0.3) is 11.2 Å². The average molecular weight is 537 g/mol. The predicted molar refractivity (Wildman–Crippen MR) is 129 cm³/mol. The molecule has 1 aliphatic rings. The molecule has 0 spiro atoms. The van der Waals surface area contributed by atoms with Gasteiger partial charge in [-0.05, 0) is 72.2 Å². The van der Waals surface area contributed by atoms with Gasteiger partial charge in [-0.1, -0.05) is 6.92 Å². The molecule has 34 heavy (non-hydrogen) atoms. The van der Waals surface area contributed by atoms with Crippen LogP contribution in [-0.2, 0) is 7.05 Å². The second-order valence-electron chi connectivity index (χ2n) is 8.73. The first-order valence-electron chi connectivity index (χ1n) is 11.2. The Kier molecular flexibility index (Phi) is 7.30. The van der Waals surface area contributed by atoms with Crippen LogP contribution in [0.2, 0.25) is 0 Å². The first-order chi connectivity index (χ1) is 16.2. The van der Waals surface area contributed by atoms with Crippen LogP contribution in [0.1, 0.15) is 48.5 Å². The van der Waals surface area contributed by atoms with Crippen molar-refractivity contribution in [3.8, 4) is 5.88 Å². The maximum atomic E-state index is 13.1. The Morgan fingerprint density at radius 3 is 2.71 bits per heavy atom. The minimum atomic E-state index is -2.69. The summed E-state index contributed by atoms with van der Waals surface area (Å²) >= 11 is 3.43. The van der Waals surface area contributed by atoms with Crippen molar-refractivity contribution in [3.05, 3.63) is 34.1 Å². The molecule has 1 aliphatic carbocycles. The Morgan fingerprint density at radius 1 is 1.29 bits per heavy atom. The molecule has 3 aromatic heterocycles. The van der Waals surface area contributed by atoms with Gasteiger partial charge in [-0.25, -0.2) is 18.7 Å². The third kappa shape index (κ3) is 5.29. The number of halogens is 3. The van der Waals surface area contributed by atoms with Crippen molar-refractivity contribution in [2.24, 2.45) is 13.0 Å². The number of rotatable bonds is 7. The fourth-order valence-corrected chi connectivity index (χ4v) is 4.61. The fraction of sp³-hybridized carbons (Fsp3) is 0.478. The summed E-state index contributed by atoms with van der Waals surface area (Å²) in [5.41, 5.74) is 2.61. The Bertz CT molecular complexity index is 1170. The summed E-state index contributed by atoms with van der Waals surface area (Å²) in [5.74, 6) is 0.559. The average Bonchev–Trinajstić information content (AvgIpc) is 3.10. The normalized spacial score (nSPS) is 18.3. The number of pyridine rings is 2. The highest BCUT2D eigenvalue weighted by atomic mass is 79.9. The molecule has 0 unspecified atom stereocenters. The van der Waals surface area contributed by atoms with Crippen molar-refractivity contribution in [1.82, 2.24) is 24.8 Å². The van der Waals surface area contributed by atoms with Gasteiger partial charge >= 0.3 is 0 Å². The Hall–Kier alpha value is -2.82. The highest BCUT2D eigenvalue weighted by Crippen LogP contribution is 2.30. The van der Waals surface area contributed by atoms with Crippen molar-refractivity contribution in [2.45, 2.75) is 52.0 Å². The van der Waals surface area contributed by atoms with Crippen LogP contribution >= 0.6 is 15.9 Å². The number of carbonyl (C=O) groups is 1. The summed E-state index contributed by atoms with van der Waals surface area (Å²) in [6.07, 6.45) is 2.83. The molecular formula is C23H27BrF2N6O2. The molecule has 0 atom stereocenters. The molecule has 1 amide bonds. The number of anilines is 2. The maximum absolute atomic E-state index is 13.1. The smallest absolute Gasteiger partial charge is 0.272 e. The molecule has 3 heterocycles. The van der Waals surface area contributed by atoms with E-state index in [9.17, 15) is 13.6 Å². The highest BCUT2D eigenvalue weighted by molar-refractivity contribution is 9.10. The SMILES string of the molecule is Cc1ccnc(Br)c1Nc1nc2cc(C(=O)NC3CCC(C)CC3)c(OCC(F)F)nc2n1C. The lowest BCUT2D eigenvalue weighted by atomic mass is 9.87. The minimum Gasteiger partial charge on any atom is -0.471 e. The quantitative estimate of drug-likeness (QED) is 0.406. The molecular weight excluding hydrogens is 510 g/mol. The zero-order valence-electron chi connectivity index (χ0n) is 19.2. The lowest BCUT2D eigenvalue weighted by molar-refractivity contribution is 0.0770. The summed E-state index contributed by atoms with van der Waals surface area (Å²) in [6.45, 7) is 3.27. The van der Waals surface area contributed by atoms with Gasteiger partial charge in [0.25, 0.3) is 12.3 Å². The van der Waals surface area contributed by atoms with Crippen molar-refractivity contribution >= 4 is 44.6 Å². The van der Waals surface area contributed by atoms with E-state index in [1.54, 1.807) is 23.9 Å². The van der Waals surface area contributed by atoms with Gasteiger partial charge in [0.1, 0.15) is 15.7 Å². The van der Waals surface area contributed by atoms with E-state index in [0.29, 0.717) is 27.6 Å². The van der Waals surface area contributed by atoms with Crippen LogP contribution in [-0.4, -0.2) is 44.5 Å². The molecule has 8 nitrogen and oxygen atoms in total. The van der Waals surface area contributed by atoms with E-state index in [-0.39, 0.29) is 17.5 Å². The number of carbonyl (C=O) groups excluding carboxylic acids is 1. The number of alkyl halides is 2. The predicted octanol–water partition coefficient (Wildman–Crippen LogP) is 5.13. The third-order valence-electron chi connectivity index (χ3n) is 6.10. The number of hydrogen-bond acceptors (Lipinski definition) is 6. The summed E-state index contributed by atoms with van der Waals surface area (Å²) in [6, 6.07) is 3.44. The zero-order valence-corrected chi connectivity index (χ0v) is 20.8. The number of aryl methyl sites for hydroxylation is 2. The van der Waals surface area contributed by atoms with Crippen molar-refractivity contribution in [2.75, 3.05) is 11.9 Å². The van der Waals surface area contributed by atoms with E-state index >= 15 is 0 Å². The Balaban J connectivity index is 1.68. The number of imidazole rings is 1. The summed E-state index contributed by atoms with van der Waals surface area (Å²) < 4.78 is 33.3. The number of nitrogens with one attached hydrogen (secondary N) is 2. The van der Waals surface area contributed by atoms with E-state index in [1.165, 1.54) is 0 Å². The van der Waals surface area contributed by atoms with Gasteiger partial charge in [0.2, 0.25) is 11.8 Å². The molecule has 0 aromatic carbocycles. The fourth-order valence-electron chi connectivity index (χ4n) is 4.08. The van der Waals surface area contributed by atoms with Gasteiger partial charge in [-0.2, -0.15) is 4.98 Å². The molecule has 182 valence electrons. The standard InChI is InChI=1S/C23H27BrF2N6O2/c1-12-4-6-14(7-5-12)28-21(33)15-10-16-20(31-22(15)34-11-17(25)26)32(3)23(29-16)30-18-13(2)8-9-27-19(18)24/h8-10,12,14,17H,4-7,11H2,1-3H3,(H,28,33)(H,29,30). The monoisotopic (exact) mass is 536 g/mol. The van der Waals surface area contributed by atoms with E-state index in [1.807, 2.05) is 13.0 Å². The zero-order chi connectivity index (χ0) is 24.4. The molecule has 2 N–H and O–H groups in total. The molecule has 0 aliphatic heterocycles. The molecule has 0 bridgehead atoms. The number of amides is 1. The minimum absolute atomic E-state index is 0.0363. The van der Waals surface area contributed by atoms with Crippen LogP contribution in [0.15, 0.2) is 22.9 Å². The number of hydrogen-bond donors (Lipinski definition) is 2. The second kappa shape index (κ2) is 10.2. The van der Waals surface area contributed by atoms with Crippen LogP contribution in [0.3, 0.4) is 0 Å². The first kappa shape index (κ1) is 24.3. The topological polar surface area (TPSA) is 94.0 Å². The summed E-state index contributed by atoms with van der Waals surface area (Å²) in [5, 5.41) is 6.24. The number of fused-ring (bicyclic) bond motifs is 1. The van der Waals surface area contributed by atoms with Gasteiger partial charge in [0.05, 0.1) is 5.69 Å². The van der Waals surface area contributed by atoms with Crippen molar-refractivity contribution in [3.63, 3.8) is 0 Å². The van der Waals surface area contributed by atoms with E-state index in [4.69, 9.17) is 4.74 Å². The highest BCUT2D eigenvalue weighted by Gasteiger charge is 2.25. The van der Waals surface area contributed by atoms with Gasteiger partial charge in [-0.15, -0.1) is 0 Å². The van der Waals surface area contributed by atoms with Crippen molar-refractivity contribution in [1.29, 1.82) is 0 Å². The van der Waals surface area contributed by atoms with Gasteiger partial charge in [0, 0.05) is 19.3 Å². The number of nitrogens with zero attached hydrogens (tertiary/aromatic N) is 4. The van der Waals surface area contributed by atoms with Crippen LogP contribution in [0, 0.1) is 12.8 Å². The van der Waals surface area contributed by atoms with Crippen LogP contribution in [0.4, 0.5) is 20.4 Å². The maximum Gasteiger partial charge on any atom is 0.272 e. The molecule has 4 rings (SSSR count).